The summed E-state index contributed by atoms with van der Waals surface area (Å²) >= 11 is 0. The molecule has 0 N–H and O–H groups in total. The first-order valence-electron chi connectivity index (χ1n) is 8.51. The maximum Gasteiger partial charge on any atom is 0.423 e. The van der Waals surface area contributed by atoms with E-state index in [4.69, 9.17) is 14.2 Å². The number of hydrogen-bond donors (Lipinski definition) is 0. The summed E-state index contributed by atoms with van der Waals surface area (Å²) in [6.07, 6.45) is 0. The molecule has 138 valence electrons. The quantitative estimate of drug-likeness (QED) is 0.398. The first-order valence-corrected chi connectivity index (χ1v) is 8.51. The van der Waals surface area contributed by atoms with Gasteiger partial charge in [0, 0.05) is 5.56 Å². The standard InChI is InChI=1S/C22H14O6/c23-20-19(14-7-3-1-4-8-14)17-13-16(11-12-18(17)28-20)27-22(25)21(24)26-15-9-5-2-6-10-15/h1-13,19H. The largest absolute Gasteiger partial charge is 0.425 e. The van der Waals surface area contributed by atoms with Crippen LogP contribution in [0.3, 0.4) is 0 Å². The van der Waals surface area contributed by atoms with E-state index < -0.39 is 23.8 Å². The molecule has 6 heteroatoms. The lowest BCUT2D eigenvalue weighted by Gasteiger charge is -2.09. The van der Waals surface area contributed by atoms with E-state index in [2.05, 4.69) is 0 Å². The van der Waals surface area contributed by atoms with Gasteiger partial charge in [-0.05, 0) is 35.9 Å². The third-order valence-electron chi connectivity index (χ3n) is 4.20. The molecule has 28 heavy (non-hydrogen) atoms. The molecule has 1 aliphatic heterocycles. The molecule has 0 aromatic heterocycles. The number of hydrogen-bond acceptors (Lipinski definition) is 6. The second-order valence-electron chi connectivity index (χ2n) is 6.06. The summed E-state index contributed by atoms with van der Waals surface area (Å²) in [7, 11) is 0. The van der Waals surface area contributed by atoms with Crippen LogP contribution in [0.25, 0.3) is 0 Å². The van der Waals surface area contributed by atoms with E-state index in [1.807, 2.05) is 30.3 Å². The van der Waals surface area contributed by atoms with E-state index in [1.54, 1.807) is 30.3 Å². The van der Waals surface area contributed by atoms with Crippen molar-refractivity contribution in [3.8, 4) is 17.2 Å². The van der Waals surface area contributed by atoms with Crippen LogP contribution in [-0.2, 0) is 14.4 Å². The molecule has 0 saturated carbocycles. The minimum Gasteiger partial charge on any atom is -0.425 e. The predicted molar refractivity (Wildman–Crippen MR) is 98.1 cm³/mol. The second kappa shape index (κ2) is 7.36. The van der Waals surface area contributed by atoms with Crippen LogP contribution in [0, 0.1) is 0 Å². The molecule has 0 bridgehead atoms. The number of rotatable bonds is 3. The van der Waals surface area contributed by atoms with Gasteiger partial charge in [0.05, 0.1) is 0 Å². The zero-order valence-electron chi connectivity index (χ0n) is 14.5. The zero-order chi connectivity index (χ0) is 19.5. The molecule has 0 aliphatic carbocycles. The van der Waals surface area contributed by atoms with Gasteiger partial charge in [0.25, 0.3) is 0 Å². The molecule has 1 heterocycles. The average Bonchev–Trinajstić information content (AvgIpc) is 3.04. The lowest BCUT2D eigenvalue weighted by atomic mass is 9.92. The normalized spacial score (nSPS) is 14.7. The van der Waals surface area contributed by atoms with Gasteiger partial charge in [-0.25, -0.2) is 9.59 Å². The lowest BCUT2D eigenvalue weighted by Crippen LogP contribution is -2.25. The highest BCUT2D eigenvalue weighted by atomic mass is 16.6. The Hall–Kier alpha value is -3.93. The Kier molecular flexibility index (Phi) is 4.60. The van der Waals surface area contributed by atoms with Gasteiger partial charge >= 0.3 is 17.9 Å². The number of carbonyl (C=O) groups is 3. The summed E-state index contributed by atoms with van der Waals surface area (Å²) in [6, 6.07) is 21.8. The Morgan fingerprint density at radius 1 is 0.750 bits per heavy atom. The van der Waals surface area contributed by atoms with E-state index in [0.29, 0.717) is 11.3 Å². The van der Waals surface area contributed by atoms with Gasteiger partial charge in [-0.2, -0.15) is 0 Å². The van der Waals surface area contributed by atoms with Crippen molar-refractivity contribution in [3.05, 3.63) is 90.0 Å². The summed E-state index contributed by atoms with van der Waals surface area (Å²) in [5.74, 6) is -2.58. The molecule has 4 rings (SSSR count). The molecule has 1 aliphatic rings. The Morgan fingerprint density at radius 3 is 2.04 bits per heavy atom. The van der Waals surface area contributed by atoms with E-state index in [0.717, 1.165) is 5.56 Å². The number of benzene rings is 3. The molecule has 0 amide bonds. The van der Waals surface area contributed by atoms with Crippen molar-refractivity contribution in [2.45, 2.75) is 5.92 Å². The summed E-state index contributed by atoms with van der Waals surface area (Å²) in [6.45, 7) is 0. The third-order valence-corrected chi connectivity index (χ3v) is 4.20. The summed E-state index contributed by atoms with van der Waals surface area (Å²) < 4.78 is 15.4. The van der Waals surface area contributed by atoms with Crippen LogP contribution in [0.2, 0.25) is 0 Å². The predicted octanol–water partition coefficient (Wildman–Crippen LogP) is 3.25. The van der Waals surface area contributed by atoms with E-state index in [-0.39, 0.29) is 11.5 Å². The number of fused-ring (bicyclic) bond motifs is 1. The van der Waals surface area contributed by atoms with Crippen molar-refractivity contribution in [1.29, 1.82) is 0 Å². The highest BCUT2D eigenvalue weighted by Crippen LogP contribution is 2.40. The highest BCUT2D eigenvalue weighted by molar-refractivity contribution is 6.31. The fourth-order valence-corrected chi connectivity index (χ4v) is 2.95. The summed E-state index contributed by atoms with van der Waals surface area (Å²) in [5.41, 5.74) is 1.33. The molecule has 3 aromatic rings. The van der Waals surface area contributed by atoms with Crippen molar-refractivity contribution >= 4 is 17.9 Å². The SMILES string of the molecule is O=C(Oc1ccccc1)C(=O)Oc1ccc2c(c1)C(c1ccccc1)C(=O)O2. The van der Waals surface area contributed by atoms with Crippen LogP contribution in [0.1, 0.15) is 17.0 Å². The Bertz CT molecular complexity index is 1040. The molecular weight excluding hydrogens is 360 g/mol. The molecule has 1 unspecified atom stereocenters. The van der Waals surface area contributed by atoms with Crippen molar-refractivity contribution in [2.75, 3.05) is 0 Å². The van der Waals surface area contributed by atoms with Crippen LogP contribution in [-0.4, -0.2) is 17.9 Å². The smallest absolute Gasteiger partial charge is 0.423 e. The molecule has 3 aromatic carbocycles. The molecule has 0 saturated heterocycles. The van der Waals surface area contributed by atoms with Gasteiger partial charge in [-0.3, -0.25) is 4.79 Å². The lowest BCUT2D eigenvalue weighted by molar-refractivity contribution is -0.156. The molecule has 0 spiro atoms. The molecule has 6 nitrogen and oxygen atoms in total. The van der Waals surface area contributed by atoms with Crippen LogP contribution in [0.4, 0.5) is 0 Å². The van der Waals surface area contributed by atoms with Crippen LogP contribution >= 0.6 is 0 Å². The van der Waals surface area contributed by atoms with Gasteiger partial charge in [0.2, 0.25) is 0 Å². The van der Waals surface area contributed by atoms with Gasteiger partial charge < -0.3 is 14.2 Å². The minimum absolute atomic E-state index is 0.119. The van der Waals surface area contributed by atoms with Crippen molar-refractivity contribution < 1.29 is 28.6 Å². The number of carbonyl (C=O) groups excluding carboxylic acids is 3. The monoisotopic (exact) mass is 374 g/mol. The van der Waals surface area contributed by atoms with Gasteiger partial charge in [-0.1, -0.05) is 48.5 Å². The zero-order valence-corrected chi connectivity index (χ0v) is 14.5. The third kappa shape index (κ3) is 3.48. The maximum absolute atomic E-state index is 12.3. The Labute approximate surface area is 160 Å². The van der Waals surface area contributed by atoms with E-state index >= 15 is 0 Å². The summed E-state index contributed by atoms with van der Waals surface area (Å²) in [4.78, 5) is 36.2. The van der Waals surface area contributed by atoms with Crippen molar-refractivity contribution in [2.24, 2.45) is 0 Å². The second-order valence-corrected chi connectivity index (χ2v) is 6.06. The van der Waals surface area contributed by atoms with Crippen LogP contribution in [0.5, 0.6) is 17.2 Å². The van der Waals surface area contributed by atoms with Gasteiger partial charge in [0.1, 0.15) is 23.2 Å². The van der Waals surface area contributed by atoms with Crippen LogP contribution < -0.4 is 14.2 Å². The van der Waals surface area contributed by atoms with Gasteiger partial charge in [-0.15, -0.1) is 0 Å². The first-order chi connectivity index (χ1) is 13.6. The number of esters is 3. The minimum atomic E-state index is -1.16. The van der Waals surface area contributed by atoms with E-state index in [9.17, 15) is 14.4 Å². The average molecular weight is 374 g/mol. The van der Waals surface area contributed by atoms with Crippen molar-refractivity contribution in [1.82, 2.24) is 0 Å². The molecule has 0 fully saturated rings. The number of para-hydroxylation sites is 1. The maximum atomic E-state index is 12.3. The molecule has 0 radical (unpaired) electrons. The van der Waals surface area contributed by atoms with Gasteiger partial charge in [0.15, 0.2) is 0 Å². The fourth-order valence-electron chi connectivity index (χ4n) is 2.95. The first kappa shape index (κ1) is 17.5. The number of ether oxygens (including phenoxy) is 3. The van der Waals surface area contributed by atoms with E-state index in [1.165, 1.54) is 18.2 Å². The Morgan fingerprint density at radius 2 is 1.36 bits per heavy atom. The molecular formula is C22H14O6. The van der Waals surface area contributed by atoms with Crippen LogP contribution in [0.15, 0.2) is 78.9 Å². The fraction of sp³-hybridized carbons (Fsp3) is 0.0455. The summed E-state index contributed by atoms with van der Waals surface area (Å²) in [5, 5.41) is 0. The Balaban J connectivity index is 1.53. The highest BCUT2D eigenvalue weighted by Gasteiger charge is 2.35. The molecule has 1 atom stereocenters. The van der Waals surface area contributed by atoms with Crippen molar-refractivity contribution in [3.63, 3.8) is 0 Å². The topological polar surface area (TPSA) is 78.9 Å².